The van der Waals surface area contributed by atoms with Crippen molar-refractivity contribution in [1.29, 1.82) is 0 Å². The fourth-order valence-electron chi connectivity index (χ4n) is 1.80. The fraction of sp³-hybridized carbons (Fsp3) is 0.571. The average Bonchev–Trinajstić information content (AvgIpc) is 2.38. The van der Waals surface area contributed by atoms with Gasteiger partial charge in [-0.25, -0.2) is 0 Å². The highest BCUT2D eigenvalue weighted by Gasteiger charge is 2.03. The molecular formula is C14H22ClNO. The summed E-state index contributed by atoms with van der Waals surface area (Å²) < 4.78 is 5.13. The van der Waals surface area contributed by atoms with E-state index in [1.54, 1.807) is 7.11 Å². The number of hydrogen-bond donors (Lipinski definition) is 1. The van der Waals surface area contributed by atoms with Crippen LogP contribution in [0.1, 0.15) is 25.3 Å². The van der Waals surface area contributed by atoms with Gasteiger partial charge < -0.3 is 10.1 Å². The van der Waals surface area contributed by atoms with Gasteiger partial charge in [0.25, 0.3) is 0 Å². The molecule has 2 nitrogen and oxygen atoms in total. The summed E-state index contributed by atoms with van der Waals surface area (Å²) in [6.45, 7) is 3.19. The van der Waals surface area contributed by atoms with Crippen LogP contribution in [0.25, 0.3) is 0 Å². The molecule has 1 N–H and O–H groups in total. The van der Waals surface area contributed by atoms with E-state index in [2.05, 4.69) is 24.4 Å². The van der Waals surface area contributed by atoms with Crippen LogP contribution in [0.3, 0.4) is 0 Å². The highest BCUT2D eigenvalue weighted by Crippen LogP contribution is 2.11. The van der Waals surface area contributed by atoms with Gasteiger partial charge in [-0.1, -0.05) is 19.1 Å². The van der Waals surface area contributed by atoms with Gasteiger partial charge in [-0.2, -0.15) is 0 Å². The summed E-state index contributed by atoms with van der Waals surface area (Å²) in [4.78, 5) is 0. The Hall–Kier alpha value is -0.730. The van der Waals surface area contributed by atoms with E-state index in [0.717, 1.165) is 37.4 Å². The van der Waals surface area contributed by atoms with Crippen LogP contribution in [-0.2, 0) is 6.42 Å². The van der Waals surface area contributed by atoms with Gasteiger partial charge in [0.05, 0.1) is 7.11 Å². The number of alkyl halides is 1. The molecule has 96 valence electrons. The summed E-state index contributed by atoms with van der Waals surface area (Å²) in [6, 6.07) is 8.79. The molecule has 1 unspecified atom stereocenters. The summed E-state index contributed by atoms with van der Waals surface area (Å²) in [5.41, 5.74) is 1.33. The monoisotopic (exact) mass is 255 g/mol. The molecule has 0 saturated heterocycles. The minimum Gasteiger partial charge on any atom is -0.497 e. The van der Waals surface area contributed by atoms with Crippen molar-refractivity contribution >= 4 is 11.6 Å². The largest absolute Gasteiger partial charge is 0.497 e. The molecule has 1 aromatic rings. The number of hydrogen-bond acceptors (Lipinski definition) is 2. The average molecular weight is 256 g/mol. The highest BCUT2D eigenvalue weighted by atomic mass is 35.5. The third kappa shape index (κ3) is 5.42. The first-order chi connectivity index (χ1) is 8.30. The van der Waals surface area contributed by atoms with Crippen LogP contribution in [0.2, 0.25) is 0 Å². The SMILES string of the molecule is CCC(CCCl)NCCc1ccc(OC)cc1. The summed E-state index contributed by atoms with van der Waals surface area (Å²) in [5, 5.41) is 3.53. The molecular weight excluding hydrogens is 234 g/mol. The Morgan fingerprint density at radius 2 is 2.00 bits per heavy atom. The molecule has 0 radical (unpaired) electrons. The third-order valence-electron chi connectivity index (χ3n) is 2.96. The Bertz CT molecular complexity index is 300. The van der Waals surface area contributed by atoms with Crippen molar-refractivity contribution in [2.45, 2.75) is 32.2 Å². The maximum absolute atomic E-state index is 5.75. The minimum atomic E-state index is 0.547. The zero-order chi connectivity index (χ0) is 12.5. The second-order valence-electron chi connectivity index (χ2n) is 4.14. The second kappa shape index (κ2) is 8.37. The van der Waals surface area contributed by atoms with Crippen molar-refractivity contribution in [2.75, 3.05) is 19.5 Å². The predicted octanol–water partition coefficient (Wildman–Crippen LogP) is 3.23. The van der Waals surface area contributed by atoms with Crippen molar-refractivity contribution in [3.8, 4) is 5.75 Å². The van der Waals surface area contributed by atoms with Gasteiger partial charge >= 0.3 is 0 Å². The van der Waals surface area contributed by atoms with Crippen molar-refractivity contribution in [3.63, 3.8) is 0 Å². The van der Waals surface area contributed by atoms with Crippen LogP contribution >= 0.6 is 11.6 Å². The van der Waals surface area contributed by atoms with Crippen LogP contribution in [0.5, 0.6) is 5.75 Å². The molecule has 1 atom stereocenters. The summed E-state index contributed by atoms with van der Waals surface area (Å²) >= 11 is 5.75. The molecule has 0 aromatic heterocycles. The van der Waals surface area contributed by atoms with Crippen molar-refractivity contribution in [3.05, 3.63) is 29.8 Å². The van der Waals surface area contributed by atoms with Gasteiger partial charge in [0, 0.05) is 11.9 Å². The summed E-state index contributed by atoms with van der Waals surface area (Å²) in [5.74, 6) is 1.64. The van der Waals surface area contributed by atoms with E-state index < -0.39 is 0 Å². The topological polar surface area (TPSA) is 21.3 Å². The van der Waals surface area contributed by atoms with Gasteiger partial charge in [-0.3, -0.25) is 0 Å². The maximum atomic E-state index is 5.75. The van der Waals surface area contributed by atoms with Gasteiger partial charge in [0.2, 0.25) is 0 Å². The van der Waals surface area contributed by atoms with Gasteiger partial charge in [-0.15, -0.1) is 11.6 Å². The van der Waals surface area contributed by atoms with Crippen LogP contribution in [-0.4, -0.2) is 25.6 Å². The summed E-state index contributed by atoms with van der Waals surface area (Å²) in [6.07, 6.45) is 3.22. The third-order valence-corrected chi connectivity index (χ3v) is 3.17. The molecule has 1 aromatic carbocycles. The van der Waals surface area contributed by atoms with E-state index in [1.807, 2.05) is 12.1 Å². The van der Waals surface area contributed by atoms with Gasteiger partial charge in [-0.05, 0) is 43.5 Å². The Kier molecular flexibility index (Phi) is 7.06. The smallest absolute Gasteiger partial charge is 0.118 e. The fourth-order valence-corrected chi connectivity index (χ4v) is 2.06. The molecule has 0 fully saturated rings. The Balaban J connectivity index is 2.29. The Morgan fingerprint density at radius 3 is 2.53 bits per heavy atom. The lowest BCUT2D eigenvalue weighted by molar-refractivity contribution is 0.414. The van der Waals surface area contributed by atoms with Crippen LogP contribution in [0, 0.1) is 0 Å². The van der Waals surface area contributed by atoms with Gasteiger partial charge in [0.15, 0.2) is 0 Å². The van der Waals surface area contributed by atoms with E-state index in [1.165, 1.54) is 5.56 Å². The normalized spacial score (nSPS) is 12.4. The lowest BCUT2D eigenvalue weighted by atomic mass is 10.1. The molecule has 3 heteroatoms. The lowest BCUT2D eigenvalue weighted by Crippen LogP contribution is -2.30. The predicted molar refractivity (Wildman–Crippen MR) is 74.1 cm³/mol. The molecule has 1 rings (SSSR count). The standard InChI is InChI=1S/C14H22ClNO/c1-3-13(8-10-15)16-11-9-12-4-6-14(17-2)7-5-12/h4-7,13,16H,3,8-11H2,1-2H3. The van der Waals surface area contributed by atoms with E-state index in [4.69, 9.17) is 16.3 Å². The maximum Gasteiger partial charge on any atom is 0.118 e. The van der Waals surface area contributed by atoms with E-state index in [9.17, 15) is 0 Å². The first-order valence-corrected chi connectivity index (χ1v) is 6.75. The number of halogens is 1. The first kappa shape index (κ1) is 14.3. The molecule has 0 aliphatic heterocycles. The molecule has 0 aliphatic carbocycles. The molecule has 0 saturated carbocycles. The zero-order valence-corrected chi connectivity index (χ0v) is 11.5. The van der Waals surface area contributed by atoms with Crippen molar-refractivity contribution in [2.24, 2.45) is 0 Å². The Morgan fingerprint density at radius 1 is 1.29 bits per heavy atom. The van der Waals surface area contributed by atoms with E-state index in [0.29, 0.717) is 6.04 Å². The molecule has 0 amide bonds. The number of nitrogens with one attached hydrogen (secondary N) is 1. The van der Waals surface area contributed by atoms with Crippen LogP contribution in [0.15, 0.2) is 24.3 Å². The van der Waals surface area contributed by atoms with E-state index in [-0.39, 0.29) is 0 Å². The zero-order valence-electron chi connectivity index (χ0n) is 10.7. The van der Waals surface area contributed by atoms with Crippen LogP contribution < -0.4 is 10.1 Å². The number of benzene rings is 1. The minimum absolute atomic E-state index is 0.547. The lowest BCUT2D eigenvalue weighted by Gasteiger charge is -2.15. The molecule has 17 heavy (non-hydrogen) atoms. The van der Waals surface area contributed by atoms with Crippen LogP contribution in [0.4, 0.5) is 0 Å². The molecule has 0 spiro atoms. The molecule has 0 heterocycles. The molecule has 0 bridgehead atoms. The van der Waals surface area contributed by atoms with E-state index >= 15 is 0 Å². The quantitative estimate of drug-likeness (QED) is 0.720. The highest BCUT2D eigenvalue weighted by molar-refractivity contribution is 6.17. The number of methoxy groups -OCH3 is 1. The number of ether oxygens (including phenoxy) is 1. The molecule has 0 aliphatic rings. The first-order valence-electron chi connectivity index (χ1n) is 6.22. The van der Waals surface area contributed by atoms with Crippen molar-refractivity contribution in [1.82, 2.24) is 5.32 Å². The van der Waals surface area contributed by atoms with Gasteiger partial charge in [0.1, 0.15) is 5.75 Å². The second-order valence-corrected chi connectivity index (χ2v) is 4.51. The summed E-state index contributed by atoms with van der Waals surface area (Å²) in [7, 11) is 1.69. The Labute approximate surface area is 109 Å². The number of rotatable bonds is 8. The van der Waals surface area contributed by atoms with Crippen molar-refractivity contribution < 1.29 is 4.74 Å².